The molecule has 3 aromatic rings. The maximum Gasteiger partial charge on any atom is 0.416 e. The van der Waals surface area contributed by atoms with Crippen molar-refractivity contribution in [2.45, 2.75) is 32.2 Å². The van der Waals surface area contributed by atoms with Gasteiger partial charge in [-0.2, -0.15) is 18.3 Å². The number of ether oxygens (including phenoxy) is 2. The van der Waals surface area contributed by atoms with Gasteiger partial charge < -0.3 is 24.8 Å². The molecular weight excluding hydrogens is 463 g/mol. The lowest BCUT2D eigenvalue weighted by atomic mass is 10.0. The number of likely N-dealkylation sites (N-methyl/N-ethyl adjacent to an activating group) is 1. The summed E-state index contributed by atoms with van der Waals surface area (Å²) < 4.78 is 54.0. The van der Waals surface area contributed by atoms with Crippen molar-refractivity contribution in [2.24, 2.45) is 0 Å². The molecule has 2 N–H and O–H groups in total. The lowest BCUT2D eigenvalue weighted by Gasteiger charge is -2.29. The molecule has 1 unspecified atom stereocenters. The molecule has 1 aliphatic heterocycles. The van der Waals surface area contributed by atoms with Gasteiger partial charge in [0, 0.05) is 31.2 Å². The minimum atomic E-state index is -4.57. The minimum Gasteiger partial charge on any atom is -0.491 e. The summed E-state index contributed by atoms with van der Waals surface area (Å²) in [5.41, 5.74) is 1.26. The normalized spacial score (nSPS) is 15.7. The van der Waals surface area contributed by atoms with Crippen molar-refractivity contribution in [3.63, 3.8) is 0 Å². The maximum absolute atomic E-state index is 13.8. The second-order valence-electron chi connectivity index (χ2n) is 8.81. The summed E-state index contributed by atoms with van der Waals surface area (Å²) in [6, 6.07) is 5.35. The Labute approximate surface area is 201 Å². The smallest absolute Gasteiger partial charge is 0.416 e. The van der Waals surface area contributed by atoms with Crippen LogP contribution in [0.5, 0.6) is 5.75 Å². The van der Waals surface area contributed by atoms with E-state index in [9.17, 15) is 18.3 Å². The van der Waals surface area contributed by atoms with E-state index in [1.165, 1.54) is 6.07 Å². The molecule has 8 nitrogen and oxygen atoms in total. The molecule has 0 radical (unpaired) electrons. The second-order valence-corrected chi connectivity index (χ2v) is 8.81. The maximum atomic E-state index is 13.8. The van der Waals surface area contributed by atoms with Gasteiger partial charge in [0.1, 0.15) is 18.5 Å². The van der Waals surface area contributed by atoms with E-state index in [0.717, 1.165) is 23.2 Å². The second kappa shape index (κ2) is 10.4. The number of nitrogens with one attached hydrogen (secondary N) is 1. The molecule has 35 heavy (non-hydrogen) atoms. The van der Waals surface area contributed by atoms with Crippen molar-refractivity contribution in [2.75, 3.05) is 51.4 Å². The SMILES string of the molecule is CNCC(O)COc1cc(-c2cc(N3CCOCC3)c3cnn(C(C)C)c3n2)cc(C(F)(F)F)c1. The number of anilines is 1. The number of aliphatic hydroxyl groups excluding tert-OH is 1. The quantitative estimate of drug-likeness (QED) is 0.497. The van der Waals surface area contributed by atoms with Crippen molar-refractivity contribution >= 4 is 16.7 Å². The number of alkyl halides is 3. The third kappa shape index (κ3) is 5.68. The molecule has 0 aliphatic carbocycles. The topological polar surface area (TPSA) is 84.7 Å². The third-order valence-electron chi connectivity index (χ3n) is 5.80. The van der Waals surface area contributed by atoms with Crippen LogP contribution in [-0.2, 0) is 10.9 Å². The van der Waals surface area contributed by atoms with E-state index in [4.69, 9.17) is 14.5 Å². The molecule has 0 bridgehead atoms. The van der Waals surface area contributed by atoms with Crippen LogP contribution in [0.2, 0.25) is 0 Å². The van der Waals surface area contributed by atoms with Gasteiger partial charge in [0.2, 0.25) is 0 Å². The van der Waals surface area contributed by atoms with E-state index in [-0.39, 0.29) is 30.5 Å². The molecule has 1 fully saturated rings. The van der Waals surface area contributed by atoms with Gasteiger partial charge in [-0.05, 0) is 45.2 Å². The van der Waals surface area contributed by atoms with Gasteiger partial charge in [0.05, 0.1) is 41.7 Å². The van der Waals surface area contributed by atoms with Crippen LogP contribution in [0.1, 0.15) is 25.5 Å². The molecule has 0 saturated carbocycles. The van der Waals surface area contributed by atoms with Crippen molar-refractivity contribution in [1.29, 1.82) is 0 Å². The highest BCUT2D eigenvalue weighted by Crippen LogP contribution is 2.38. The molecule has 1 atom stereocenters. The van der Waals surface area contributed by atoms with E-state index >= 15 is 0 Å². The van der Waals surface area contributed by atoms with E-state index in [0.29, 0.717) is 37.6 Å². The lowest BCUT2D eigenvalue weighted by Crippen LogP contribution is -2.36. The van der Waals surface area contributed by atoms with E-state index < -0.39 is 17.8 Å². The fourth-order valence-corrected chi connectivity index (χ4v) is 4.07. The zero-order valence-electron chi connectivity index (χ0n) is 20.0. The van der Waals surface area contributed by atoms with Crippen LogP contribution in [0.3, 0.4) is 0 Å². The number of morpholine rings is 1. The number of aliphatic hydroxyl groups is 1. The van der Waals surface area contributed by atoms with Crippen molar-refractivity contribution in [1.82, 2.24) is 20.1 Å². The van der Waals surface area contributed by atoms with Crippen LogP contribution in [-0.4, -0.2) is 72.5 Å². The number of benzene rings is 1. The van der Waals surface area contributed by atoms with Crippen molar-refractivity contribution in [3.8, 4) is 17.0 Å². The van der Waals surface area contributed by atoms with Crippen molar-refractivity contribution < 1.29 is 27.8 Å². The first-order valence-electron chi connectivity index (χ1n) is 11.6. The Morgan fingerprint density at radius 3 is 2.57 bits per heavy atom. The van der Waals surface area contributed by atoms with E-state index in [2.05, 4.69) is 15.3 Å². The predicted molar refractivity (Wildman–Crippen MR) is 127 cm³/mol. The number of aromatic nitrogens is 3. The molecular formula is C24H30F3N5O3. The molecule has 190 valence electrons. The minimum absolute atomic E-state index is 0.0113. The van der Waals surface area contributed by atoms with Crippen LogP contribution >= 0.6 is 0 Å². The molecule has 1 aliphatic rings. The van der Waals surface area contributed by atoms with Gasteiger partial charge in [0.15, 0.2) is 5.65 Å². The Bertz CT molecular complexity index is 1160. The Balaban J connectivity index is 1.83. The van der Waals surface area contributed by atoms with Gasteiger partial charge in [-0.25, -0.2) is 9.67 Å². The summed E-state index contributed by atoms with van der Waals surface area (Å²) >= 11 is 0. The fourth-order valence-electron chi connectivity index (χ4n) is 4.07. The van der Waals surface area contributed by atoms with Crippen LogP contribution in [0.4, 0.5) is 18.9 Å². The predicted octanol–water partition coefficient (Wildman–Crippen LogP) is 3.49. The number of pyridine rings is 1. The van der Waals surface area contributed by atoms with Crippen LogP contribution in [0.25, 0.3) is 22.3 Å². The molecule has 0 amide bonds. The molecule has 0 spiro atoms. The highest BCUT2D eigenvalue weighted by Gasteiger charge is 2.32. The first kappa shape index (κ1) is 25.2. The first-order chi connectivity index (χ1) is 16.7. The summed E-state index contributed by atoms with van der Waals surface area (Å²) in [6.45, 7) is 6.50. The van der Waals surface area contributed by atoms with Gasteiger partial charge in [0.25, 0.3) is 0 Å². The first-order valence-corrected chi connectivity index (χ1v) is 11.6. The molecule has 11 heteroatoms. The number of hydrogen-bond donors (Lipinski definition) is 2. The van der Waals surface area contributed by atoms with Gasteiger partial charge in [-0.3, -0.25) is 0 Å². The number of nitrogens with zero attached hydrogens (tertiary/aromatic N) is 4. The molecule has 1 saturated heterocycles. The van der Waals surface area contributed by atoms with Crippen LogP contribution in [0.15, 0.2) is 30.5 Å². The number of fused-ring (bicyclic) bond motifs is 1. The van der Waals surface area contributed by atoms with E-state index in [1.807, 2.05) is 13.8 Å². The highest BCUT2D eigenvalue weighted by molar-refractivity contribution is 5.92. The summed E-state index contributed by atoms with van der Waals surface area (Å²) in [5, 5.41) is 18.1. The zero-order valence-corrected chi connectivity index (χ0v) is 20.0. The average Bonchev–Trinajstić information content (AvgIpc) is 3.26. The molecule has 4 rings (SSSR count). The Kier molecular flexibility index (Phi) is 7.48. The van der Waals surface area contributed by atoms with Crippen LogP contribution < -0.4 is 15.0 Å². The molecule has 3 heterocycles. The lowest BCUT2D eigenvalue weighted by molar-refractivity contribution is -0.137. The Morgan fingerprint density at radius 1 is 1.17 bits per heavy atom. The number of halogens is 3. The molecule has 2 aromatic heterocycles. The summed E-state index contributed by atoms with van der Waals surface area (Å²) in [6.07, 6.45) is -3.68. The summed E-state index contributed by atoms with van der Waals surface area (Å²) in [7, 11) is 1.67. The number of rotatable bonds is 8. The van der Waals surface area contributed by atoms with E-state index in [1.54, 1.807) is 24.0 Å². The Morgan fingerprint density at radius 2 is 1.91 bits per heavy atom. The van der Waals surface area contributed by atoms with Gasteiger partial charge >= 0.3 is 6.18 Å². The standard InChI is InChI=1S/C24H30F3N5O3/c1-15(2)32-23-20(13-29-32)22(31-4-6-34-7-5-31)11-21(30-23)16-8-17(24(25,26)27)10-19(9-16)35-14-18(33)12-28-3/h8-11,13,15,18,28,33H,4-7,12,14H2,1-3H3. The fraction of sp³-hybridized carbons (Fsp3) is 0.500. The van der Waals surface area contributed by atoms with Crippen molar-refractivity contribution in [3.05, 3.63) is 36.0 Å². The zero-order chi connectivity index (χ0) is 25.2. The largest absolute Gasteiger partial charge is 0.491 e. The highest BCUT2D eigenvalue weighted by atomic mass is 19.4. The van der Waals surface area contributed by atoms with Crippen LogP contribution in [0, 0.1) is 0 Å². The summed E-state index contributed by atoms with van der Waals surface area (Å²) in [5.74, 6) is 0.0113. The monoisotopic (exact) mass is 493 g/mol. The third-order valence-corrected chi connectivity index (χ3v) is 5.80. The summed E-state index contributed by atoms with van der Waals surface area (Å²) in [4.78, 5) is 6.87. The average molecular weight is 494 g/mol. The number of hydrogen-bond acceptors (Lipinski definition) is 7. The van der Waals surface area contributed by atoms with Gasteiger partial charge in [-0.15, -0.1) is 0 Å². The van der Waals surface area contributed by atoms with Gasteiger partial charge in [-0.1, -0.05) is 0 Å². The Hall–Kier alpha value is -2.89. The molecule has 1 aromatic carbocycles.